The van der Waals surface area contributed by atoms with Crippen LogP contribution in [0.15, 0.2) is 69.4 Å². The van der Waals surface area contributed by atoms with Crippen molar-refractivity contribution in [3.05, 3.63) is 107 Å². The number of allylic oxidation sites excluding steroid dienone is 1. The molecule has 1 aliphatic heterocycles. The van der Waals surface area contributed by atoms with Gasteiger partial charge in [-0.15, -0.1) is 0 Å². The lowest BCUT2D eigenvalue weighted by Gasteiger charge is -2.31. The minimum Gasteiger partial charge on any atom is -0.457 e. The fourth-order valence-electron chi connectivity index (χ4n) is 3.98. The van der Waals surface area contributed by atoms with Gasteiger partial charge in [-0.3, -0.25) is 13.9 Å². The number of nitrogens with zero attached hydrogens (tertiary/aromatic N) is 2. The number of hydrogen-bond donors (Lipinski definition) is 1. The largest absolute Gasteiger partial charge is 0.457 e. The highest BCUT2D eigenvalue weighted by molar-refractivity contribution is 6.42. The molecule has 1 unspecified atom stereocenters. The van der Waals surface area contributed by atoms with Crippen molar-refractivity contribution in [1.82, 2.24) is 9.13 Å². The van der Waals surface area contributed by atoms with E-state index in [9.17, 15) is 14.4 Å². The van der Waals surface area contributed by atoms with Gasteiger partial charge in [0, 0.05) is 19.8 Å². The fourth-order valence-corrected chi connectivity index (χ4v) is 4.29. The van der Waals surface area contributed by atoms with Crippen molar-refractivity contribution < 1.29 is 9.53 Å². The van der Waals surface area contributed by atoms with Crippen LogP contribution >= 0.6 is 23.2 Å². The zero-order chi connectivity index (χ0) is 23.9. The zero-order valence-electron chi connectivity index (χ0n) is 18.2. The predicted octanol–water partition coefficient (Wildman–Crippen LogP) is 3.97. The second-order valence-corrected chi connectivity index (χ2v) is 8.61. The summed E-state index contributed by atoms with van der Waals surface area (Å²) in [6, 6.07) is 14.2. The first-order chi connectivity index (χ1) is 15.7. The van der Waals surface area contributed by atoms with E-state index in [2.05, 4.69) is 5.32 Å². The molecule has 2 heterocycles. The molecule has 0 saturated carbocycles. The van der Waals surface area contributed by atoms with Gasteiger partial charge in [0.1, 0.15) is 12.4 Å². The van der Waals surface area contributed by atoms with Gasteiger partial charge in [-0.1, -0.05) is 59.6 Å². The van der Waals surface area contributed by atoms with Crippen LogP contribution in [0.5, 0.6) is 0 Å². The molecule has 0 aliphatic carbocycles. The maximum Gasteiger partial charge on any atom is 0.337 e. The standard InChI is InChI=1S/C24H21Cl2N3O4/c1-13-18(23(31)33-12-14-7-5-4-6-8-14)19(15-9-10-16(25)17(26)11-15)20-21(27-13)28(2)24(32)29(3)22(20)30/h4-11,19,27H,12H2,1-3H3. The van der Waals surface area contributed by atoms with Crippen LogP contribution < -0.4 is 16.6 Å². The molecule has 33 heavy (non-hydrogen) atoms. The lowest BCUT2D eigenvalue weighted by atomic mass is 9.82. The highest BCUT2D eigenvalue weighted by Gasteiger charge is 2.37. The highest BCUT2D eigenvalue weighted by Crippen LogP contribution is 2.41. The van der Waals surface area contributed by atoms with Crippen molar-refractivity contribution in [2.45, 2.75) is 19.4 Å². The van der Waals surface area contributed by atoms with Crippen molar-refractivity contribution in [3.8, 4) is 0 Å². The molecule has 0 radical (unpaired) electrons. The van der Waals surface area contributed by atoms with E-state index in [0.29, 0.717) is 22.1 Å². The van der Waals surface area contributed by atoms with Crippen LogP contribution in [0.25, 0.3) is 0 Å². The Kier molecular flexibility index (Phi) is 6.19. The van der Waals surface area contributed by atoms with E-state index < -0.39 is 23.1 Å². The number of aromatic nitrogens is 2. The Hall–Kier alpha value is -3.29. The monoisotopic (exact) mass is 485 g/mol. The van der Waals surface area contributed by atoms with Crippen LogP contribution in [0.3, 0.4) is 0 Å². The fraction of sp³-hybridized carbons (Fsp3) is 0.208. The molecule has 7 nitrogen and oxygen atoms in total. The molecule has 3 aromatic rings. The van der Waals surface area contributed by atoms with Crippen molar-refractivity contribution in [2.75, 3.05) is 5.32 Å². The van der Waals surface area contributed by atoms with Gasteiger partial charge in [0.2, 0.25) is 0 Å². The molecular weight excluding hydrogens is 465 g/mol. The molecule has 0 saturated heterocycles. The molecule has 0 fully saturated rings. The lowest BCUT2D eigenvalue weighted by Crippen LogP contribution is -2.43. The quantitative estimate of drug-likeness (QED) is 0.565. The predicted molar refractivity (Wildman–Crippen MR) is 128 cm³/mol. The third kappa shape index (κ3) is 4.10. The molecule has 4 rings (SSSR count). The summed E-state index contributed by atoms with van der Waals surface area (Å²) >= 11 is 12.4. The number of carbonyl (C=O) groups excluding carboxylic acids is 1. The molecule has 0 bridgehead atoms. The van der Waals surface area contributed by atoms with E-state index >= 15 is 0 Å². The van der Waals surface area contributed by atoms with Crippen LogP contribution in [0, 0.1) is 0 Å². The molecule has 1 aliphatic rings. The minimum absolute atomic E-state index is 0.0721. The third-order valence-corrected chi connectivity index (χ3v) is 6.44. The van der Waals surface area contributed by atoms with Gasteiger partial charge in [0.05, 0.1) is 27.1 Å². The summed E-state index contributed by atoms with van der Waals surface area (Å²) in [6.45, 7) is 1.78. The second kappa shape index (κ2) is 8.92. The van der Waals surface area contributed by atoms with Crippen molar-refractivity contribution in [1.29, 1.82) is 0 Å². The van der Waals surface area contributed by atoms with Crippen LogP contribution in [0.1, 0.15) is 29.5 Å². The number of carbonyl (C=O) groups is 1. The summed E-state index contributed by atoms with van der Waals surface area (Å²) in [5.41, 5.74) is 1.38. The number of ether oxygens (including phenoxy) is 1. The zero-order valence-corrected chi connectivity index (χ0v) is 19.7. The van der Waals surface area contributed by atoms with Crippen LogP contribution in [-0.4, -0.2) is 15.1 Å². The first-order valence-corrected chi connectivity index (χ1v) is 10.9. The summed E-state index contributed by atoms with van der Waals surface area (Å²) < 4.78 is 7.97. The van der Waals surface area contributed by atoms with Crippen molar-refractivity contribution in [3.63, 3.8) is 0 Å². The van der Waals surface area contributed by atoms with Gasteiger partial charge in [-0.2, -0.15) is 0 Å². The first kappa shape index (κ1) is 22.9. The molecule has 1 atom stereocenters. The lowest BCUT2D eigenvalue weighted by molar-refractivity contribution is -0.140. The number of hydrogen-bond acceptors (Lipinski definition) is 5. The van der Waals surface area contributed by atoms with Gasteiger partial charge in [0.25, 0.3) is 5.56 Å². The first-order valence-electron chi connectivity index (χ1n) is 10.1. The molecule has 0 spiro atoms. The smallest absolute Gasteiger partial charge is 0.337 e. The van der Waals surface area contributed by atoms with E-state index in [1.54, 1.807) is 32.2 Å². The summed E-state index contributed by atoms with van der Waals surface area (Å²) in [5, 5.41) is 3.69. The Morgan fingerprint density at radius 1 is 1.03 bits per heavy atom. The molecule has 1 aromatic heterocycles. The molecule has 2 aromatic carbocycles. The number of rotatable bonds is 4. The number of fused-ring (bicyclic) bond motifs is 1. The van der Waals surface area contributed by atoms with Crippen LogP contribution in [-0.2, 0) is 30.2 Å². The Morgan fingerprint density at radius 2 is 1.73 bits per heavy atom. The Labute approximate surface area is 199 Å². The normalized spacial score (nSPS) is 15.1. The summed E-state index contributed by atoms with van der Waals surface area (Å²) in [4.78, 5) is 39.1. The number of benzene rings is 2. The number of esters is 1. The van der Waals surface area contributed by atoms with Crippen LogP contribution in [0.2, 0.25) is 10.0 Å². The number of halogens is 2. The second-order valence-electron chi connectivity index (χ2n) is 7.80. The molecule has 0 amide bonds. The van der Waals surface area contributed by atoms with Gasteiger partial charge in [-0.25, -0.2) is 9.59 Å². The highest BCUT2D eigenvalue weighted by atomic mass is 35.5. The Morgan fingerprint density at radius 3 is 2.39 bits per heavy atom. The van der Waals surface area contributed by atoms with E-state index in [1.807, 2.05) is 30.3 Å². The van der Waals surface area contributed by atoms with E-state index in [4.69, 9.17) is 27.9 Å². The summed E-state index contributed by atoms with van der Waals surface area (Å²) in [5.74, 6) is -1.08. The Balaban J connectivity index is 1.88. The summed E-state index contributed by atoms with van der Waals surface area (Å²) in [6.07, 6.45) is 0. The molecule has 9 heteroatoms. The topological polar surface area (TPSA) is 82.3 Å². The maximum absolute atomic E-state index is 13.3. The van der Waals surface area contributed by atoms with E-state index in [0.717, 1.165) is 10.1 Å². The maximum atomic E-state index is 13.3. The summed E-state index contributed by atoms with van der Waals surface area (Å²) in [7, 11) is 2.96. The third-order valence-electron chi connectivity index (χ3n) is 5.70. The number of anilines is 1. The molecule has 170 valence electrons. The average molecular weight is 486 g/mol. The van der Waals surface area contributed by atoms with Gasteiger partial charge in [0.15, 0.2) is 0 Å². The van der Waals surface area contributed by atoms with Gasteiger partial charge >= 0.3 is 11.7 Å². The Bertz CT molecular complexity index is 1410. The van der Waals surface area contributed by atoms with E-state index in [-0.39, 0.29) is 22.8 Å². The molecular formula is C24H21Cl2N3O4. The van der Waals surface area contributed by atoms with Crippen molar-refractivity contribution >= 4 is 35.0 Å². The molecule has 1 N–H and O–H groups in total. The van der Waals surface area contributed by atoms with Gasteiger partial charge in [-0.05, 0) is 30.2 Å². The van der Waals surface area contributed by atoms with Crippen LogP contribution in [0.4, 0.5) is 5.82 Å². The van der Waals surface area contributed by atoms with Crippen molar-refractivity contribution in [2.24, 2.45) is 14.1 Å². The average Bonchev–Trinajstić information content (AvgIpc) is 2.81. The number of nitrogens with one attached hydrogen (secondary N) is 1. The SMILES string of the molecule is CC1=C(C(=O)OCc2ccccc2)C(c2ccc(Cl)c(Cl)c2)c2c(n(C)c(=O)n(C)c2=O)N1. The minimum atomic E-state index is -0.815. The van der Waals surface area contributed by atoms with Gasteiger partial charge < -0.3 is 10.1 Å². The van der Waals surface area contributed by atoms with E-state index in [1.165, 1.54) is 11.6 Å².